The monoisotopic (exact) mass is 316 g/mol. The molecule has 0 N–H and O–H groups in total. The summed E-state index contributed by atoms with van der Waals surface area (Å²) < 4.78 is 0. The van der Waals surface area contributed by atoms with E-state index in [-0.39, 0.29) is 0 Å². The van der Waals surface area contributed by atoms with Crippen LogP contribution in [0.15, 0.2) is 24.3 Å². The van der Waals surface area contributed by atoms with Crippen molar-refractivity contribution >= 4 is 5.78 Å². The van der Waals surface area contributed by atoms with E-state index in [2.05, 4.69) is 13.8 Å². The van der Waals surface area contributed by atoms with Gasteiger partial charge in [-0.05, 0) is 13.3 Å². The zero-order valence-corrected chi connectivity index (χ0v) is 15.4. The van der Waals surface area contributed by atoms with Crippen molar-refractivity contribution in [2.75, 3.05) is 0 Å². The number of aryl methyl sites for hydroxylation is 1. The lowest BCUT2D eigenvalue weighted by molar-refractivity contribution is 0.0979. The van der Waals surface area contributed by atoms with Crippen LogP contribution in [0, 0.1) is 6.92 Å². The van der Waals surface area contributed by atoms with Gasteiger partial charge in [0.1, 0.15) is 0 Å². The molecule has 0 heterocycles. The molecule has 0 amide bonds. The molecule has 23 heavy (non-hydrogen) atoms. The third-order valence-electron chi connectivity index (χ3n) is 4.63. The summed E-state index contributed by atoms with van der Waals surface area (Å²) in [4.78, 5) is 12.0. The first-order valence-corrected chi connectivity index (χ1v) is 9.84. The van der Waals surface area contributed by atoms with Gasteiger partial charge in [0.05, 0.1) is 0 Å². The molecule has 0 atom stereocenters. The van der Waals surface area contributed by atoms with E-state index in [0.717, 1.165) is 12.0 Å². The minimum atomic E-state index is 0.303. The molecule has 0 saturated carbocycles. The molecule has 0 bridgehead atoms. The molecular formula is C22H36O. The van der Waals surface area contributed by atoms with Crippen LogP contribution in [0.5, 0.6) is 0 Å². The predicted molar refractivity (Wildman–Crippen MR) is 101 cm³/mol. The first-order valence-electron chi connectivity index (χ1n) is 9.84. The highest BCUT2D eigenvalue weighted by molar-refractivity contribution is 5.96. The third kappa shape index (κ3) is 10.3. The van der Waals surface area contributed by atoms with E-state index < -0.39 is 0 Å². The lowest BCUT2D eigenvalue weighted by Gasteiger charge is -2.03. The molecular weight excluding hydrogens is 280 g/mol. The normalized spacial score (nSPS) is 10.9. The van der Waals surface area contributed by atoms with E-state index in [1.165, 1.54) is 76.2 Å². The molecule has 0 fully saturated rings. The Labute approximate surface area is 143 Å². The number of Topliss-reactive ketones (excluding diaryl/α,β-unsaturated/α-hetero) is 1. The average molecular weight is 317 g/mol. The molecule has 0 aliphatic rings. The standard InChI is InChI=1S/C22H36O/c1-3-4-5-6-7-8-9-10-11-12-13-14-15-22(23)21-18-16-20(2)17-19-21/h16-19H,3-15H2,1-2H3. The van der Waals surface area contributed by atoms with Gasteiger partial charge in [-0.2, -0.15) is 0 Å². The van der Waals surface area contributed by atoms with Crippen molar-refractivity contribution in [3.8, 4) is 0 Å². The molecule has 1 aromatic rings. The minimum absolute atomic E-state index is 0.303. The molecule has 0 aromatic heterocycles. The van der Waals surface area contributed by atoms with Gasteiger partial charge in [-0.15, -0.1) is 0 Å². The van der Waals surface area contributed by atoms with Crippen LogP contribution in [0.1, 0.15) is 106 Å². The van der Waals surface area contributed by atoms with Crippen molar-refractivity contribution in [1.29, 1.82) is 0 Å². The molecule has 1 rings (SSSR count). The Hall–Kier alpha value is -1.11. The zero-order valence-electron chi connectivity index (χ0n) is 15.4. The summed E-state index contributed by atoms with van der Waals surface area (Å²) in [5.41, 5.74) is 2.09. The Morgan fingerprint density at radius 1 is 0.696 bits per heavy atom. The van der Waals surface area contributed by atoms with E-state index in [9.17, 15) is 4.79 Å². The largest absolute Gasteiger partial charge is 0.294 e. The Kier molecular flexibility index (Phi) is 11.6. The van der Waals surface area contributed by atoms with Crippen LogP contribution in [0.2, 0.25) is 0 Å². The Morgan fingerprint density at radius 3 is 1.61 bits per heavy atom. The van der Waals surface area contributed by atoms with Crippen LogP contribution >= 0.6 is 0 Å². The lowest BCUT2D eigenvalue weighted by Crippen LogP contribution is -1.98. The maximum atomic E-state index is 12.0. The predicted octanol–water partition coefficient (Wildman–Crippen LogP) is 7.27. The second kappa shape index (κ2) is 13.3. The number of unbranched alkanes of at least 4 members (excludes halogenated alkanes) is 11. The summed E-state index contributed by atoms with van der Waals surface area (Å²) in [6.45, 7) is 4.33. The zero-order chi connectivity index (χ0) is 16.8. The summed E-state index contributed by atoms with van der Waals surface area (Å²) in [5, 5.41) is 0. The number of ketones is 1. The minimum Gasteiger partial charge on any atom is -0.294 e. The fourth-order valence-electron chi connectivity index (χ4n) is 3.01. The highest BCUT2D eigenvalue weighted by Gasteiger charge is 2.04. The van der Waals surface area contributed by atoms with Gasteiger partial charge in [0.2, 0.25) is 0 Å². The first-order chi connectivity index (χ1) is 11.2. The van der Waals surface area contributed by atoms with Crippen LogP contribution in [0.25, 0.3) is 0 Å². The van der Waals surface area contributed by atoms with E-state index in [4.69, 9.17) is 0 Å². The van der Waals surface area contributed by atoms with Gasteiger partial charge in [-0.3, -0.25) is 4.79 Å². The molecule has 0 saturated heterocycles. The van der Waals surface area contributed by atoms with Crippen molar-refractivity contribution in [3.63, 3.8) is 0 Å². The van der Waals surface area contributed by atoms with Crippen LogP contribution in [-0.2, 0) is 0 Å². The topological polar surface area (TPSA) is 17.1 Å². The second-order valence-corrected chi connectivity index (χ2v) is 6.93. The quantitative estimate of drug-likeness (QED) is 0.260. The molecule has 0 unspecified atom stereocenters. The van der Waals surface area contributed by atoms with Crippen LogP contribution in [0.3, 0.4) is 0 Å². The third-order valence-corrected chi connectivity index (χ3v) is 4.63. The number of rotatable bonds is 14. The fourth-order valence-corrected chi connectivity index (χ4v) is 3.01. The summed E-state index contributed by atoms with van der Waals surface area (Å²) >= 11 is 0. The van der Waals surface area contributed by atoms with Crippen molar-refractivity contribution < 1.29 is 4.79 Å². The van der Waals surface area contributed by atoms with Gasteiger partial charge in [0.15, 0.2) is 5.78 Å². The number of hydrogen-bond donors (Lipinski definition) is 0. The molecule has 1 aromatic carbocycles. The SMILES string of the molecule is CCCCCCCCCCCCCCC(=O)c1ccc(C)cc1. The van der Waals surface area contributed by atoms with Gasteiger partial charge in [0.25, 0.3) is 0 Å². The first kappa shape index (κ1) is 19.9. The van der Waals surface area contributed by atoms with Gasteiger partial charge < -0.3 is 0 Å². The highest BCUT2D eigenvalue weighted by atomic mass is 16.1. The average Bonchev–Trinajstić information content (AvgIpc) is 2.56. The molecule has 0 aliphatic carbocycles. The molecule has 1 heteroatoms. The van der Waals surface area contributed by atoms with Crippen LogP contribution in [0.4, 0.5) is 0 Å². The number of hydrogen-bond acceptors (Lipinski definition) is 1. The van der Waals surface area contributed by atoms with Crippen molar-refractivity contribution in [2.24, 2.45) is 0 Å². The Balaban J connectivity index is 1.89. The second-order valence-electron chi connectivity index (χ2n) is 6.93. The van der Waals surface area contributed by atoms with Gasteiger partial charge in [-0.25, -0.2) is 0 Å². The van der Waals surface area contributed by atoms with E-state index in [1.807, 2.05) is 24.3 Å². The number of benzene rings is 1. The molecule has 0 aliphatic heterocycles. The van der Waals surface area contributed by atoms with Gasteiger partial charge >= 0.3 is 0 Å². The van der Waals surface area contributed by atoms with E-state index >= 15 is 0 Å². The highest BCUT2D eigenvalue weighted by Crippen LogP contribution is 2.14. The molecule has 130 valence electrons. The van der Waals surface area contributed by atoms with Gasteiger partial charge in [0, 0.05) is 12.0 Å². The van der Waals surface area contributed by atoms with Crippen LogP contribution < -0.4 is 0 Å². The maximum Gasteiger partial charge on any atom is 0.162 e. The fraction of sp³-hybridized carbons (Fsp3) is 0.682. The van der Waals surface area contributed by atoms with Crippen molar-refractivity contribution in [2.45, 2.75) is 97.3 Å². The smallest absolute Gasteiger partial charge is 0.162 e. The summed E-state index contributed by atoms with van der Waals surface area (Å²) in [6, 6.07) is 7.96. The summed E-state index contributed by atoms with van der Waals surface area (Å²) in [5.74, 6) is 0.303. The molecule has 0 radical (unpaired) electrons. The van der Waals surface area contributed by atoms with Crippen molar-refractivity contribution in [1.82, 2.24) is 0 Å². The lowest BCUT2D eigenvalue weighted by atomic mass is 10.0. The van der Waals surface area contributed by atoms with Gasteiger partial charge in [-0.1, -0.05) is 107 Å². The van der Waals surface area contributed by atoms with Crippen LogP contribution in [-0.4, -0.2) is 5.78 Å². The van der Waals surface area contributed by atoms with E-state index in [1.54, 1.807) is 0 Å². The Bertz CT molecular complexity index is 404. The summed E-state index contributed by atoms with van der Waals surface area (Å²) in [7, 11) is 0. The summed E-state index contributed by atoms with van der Waals surface area (Å²) in [6.07, 6.45) is 16.8. The number of carbonyl (C=O) groups excluding carboxylic acids is 1. The molecule has 0 spiro atoms. The molecule has 1 nitrogen and oxygen atoms in total. The maximum absolute atomic E-state index is 12.0. The van der Waals surface area contributed by atoms with Crippen molar-refractivity contribution in [3.05, 3.63) is 35.4 Å². The van der Waals surface area contributed by atoms with E-state index in [0.29, 0.717) is 12.2 Å². The Morgan fingerprint density at radius 2 is 1.13 bits per heavy atom. The number of carbonyl (C=O) groups is 1.